The second-order valence-corrected chi connectivity index (χ2v) is 7.75. The molecule has 0 unspecified atom stereocenters. The van der Waals surface area contributed by atoms with Crippen LogP contribution in [0.2, 0.25) is 0 Å². The molecule has 0 fully saturated rings. The Hall–Kier alpha value is -3.71. The van der Waals surface area contributed by atoms with Crippen LogP contribution < -0.4 is 11.1 Å². The Balaban J connectivity index is 2.20. The van der Waals surface area contributed by atoms with E-state index >= 15 is 0 Å². The summed E-state index contributed by atoms with van der Waals surface area (Å²) in [5.74, 6) is -1.83. The van der Waals surface area contributed by atoms with Gasteiger partial charge in [-0.3, -0.25) is 4.79 Å². The Kier molecular flexibility index (Phi) is 6.12. The number of hydrogen-bond acceptors (Lipinski definition) is 7. The number of aliphatic carboxylic acids is 1. The summed E-state index contributed by atoms with van der Waals surface area (Å²) in [6.07, 6.45) is 2.96. The summed E-state index contributed by atoms with van der Waals surface area (Å²) in [4.78, 5) is 27.2. The topological polar surface area (TPSA) is 163 Å². The van der Waals surface area contributed by atoms with Gasteiger partial charge in [0, 0.05) is 18.9 Å². The predicted octanol–water partition coefficient (Wildman–Crippen LogP) is 0.967. The maximum absolute atomic E-state index is 12.3. The van der Waals surface area contributed by atoms with Crippen LogP contribution in [0.15, 0.2) is 41.3 Å². The summed E-state index contributed by atoms with van der Waals surface area (Å²) in [7, 11) is -3.31. The number of nitrogens with one attached hydrogen (secondary N) is 1. The van der Waals surface area contributed by atoms with Gasteiger partial charge >= 0.3 is 5.97 Å². The second-order valence-electron chi connectivity index (χ2n) is 5.74. The number of nitrogen functional groups attached to an aromatic ring is 1. The summed E-state index contributed by atoms with van der Waals surface area (Å²) < 4.78 is 22.9. The van der Waals surface area contributed by atoms with Gasteiger partial charge in [-0.05, 0) is 29.8 Å². The zero-order chi connectivity index (χ0) is 20.9. The highest BCUT2D eigenvalue weighted by molar-refractivity contribution is 7.90. The molecule has 0 atom stereocenters. The molecule has 0 radical (unpaired) electrons. The molecular weight excluding hydrogens is 384 g/mol. The SMILES string of the molecule is CS(=O)(=O)c1ccc(CNC(=O)c2cc(N)c(C#N)c(/C=C/C(=O)O)n2)cc1. The molecule has 0 aliphatic rings. The quantitative estimate of drug-likeness (QED) is 0.604. The first-order valence-corrected chi connectivity index (χ1v) is 9.69. The van der Waals surface area contributed by atoms with E-state index in [1.165, 1.54) is 18.2 Å². The van der Waals surface area contributed by atoms with Crippen LogP contribution in [0.4, 0.5) is 5.69 Å². The average molecular weight is 400 g/mol. The first-order chi connectivity index (χ1) is 13.1. The number of carbonyl (C=O) groups excluding carboxylic acids is 1. The lowest BCUT2D eigenvalue weighted by Crippen LogP contribution is -2.24. The van der Waals surface area contributed by atoms with E-state index in [2.05, 4.69) is 10.3 Å². The fraction of sp³-hybridized carbons (Fsp3) is 0.111. The second kappa shape index (κ2) is 8.32. The number of nitriles is 1. The summed E-state index contributed by atoms with van der Waals surface area (Å²) in [6.45, 7) is 0.102. The van der Waals surface area contributed by atoms with Gasteiger partial charge in [0.2, 0.25) is 0 Å². The van der Waals surface area contributed by atoms with Gasteiger partial charge in [0.1, 0.15) is 17.3 Å². The number of aromatic nitrogens is 1. The van der Waals surface area contributed by atoms with Crippen LogP contribution in [-0.2, 0) is 21.2 Å². The Morgan fingerprint density at radius 3 is 2.50 bits per heavy atom. The molecule has 10 heteroatoms. The number of amides is 1. The van der Waals surface area contributed by atoms with Crippen molar-refractivity contribution in [2.24, 2.45) is 0 Å². The molecule has 0 bridgehead atoms. The lowest BCUT2D eigenvalue weighted by Gasteiger charge is -2.08. The number of nitrogens with two attached hydrogens (primary N) is 1. The van der Waals surface area contributed by atoms with Crippen LogP contribution in [0.5, 0.6) is 0 Å². The van der Waals surface area contributed by atoms with Crippen molar-refractivity contribution in [3.63, 3.8) is 0 Å². The van der Waals surface area contributed by atoms with Crippen LogP contribution in [0, 0.1) is 11.3 Å². The molecule has 1 amide bonds. The highest BCUT2D eigenvalue weighted by Gasteiger charge is 2.14. The van der Waals surface area contributed by atoms with E-state index < -0.39 is 21.7 Å². The fourth-order valence-electron chi connectivity index (χ4n) is 2.22. The number of pyridine rings is 1. The zero-order valence-electron chi connectivity index (χ0n) is 14.7. The first kappa shape index (κ1) is 20.6. The van der Waals surface area contributed by atoms with Crippen LogP contribution >= 0.6 is 0 Å². The normalized spacial score (nSPS) is 11.1. The Labute approximate surface area is 161 Å². The Bertz CT molecular complexity index is 1100. The van der Waals surface area contributed by atoms with Crippen LogP contribution in [-0.4, -0.2) is 36.6 Å². The van der Waals surface area contributed by atoms with E-state index in [1.807, 2.05) is 6.07 Å². The zero-order valence-corrected chi connectivity index (χ0v) is 15.5. The van der Waals surface area contributed by atoms with Gasteiger partial charge in [0.15, 0.2) is 9.84 Å². The minimum Gasteiger partial charge on any atom is -0.478 e. The minimum absolute atomic E-state index is 0.00908. The number of benzene rings is 1. The van der Waals surface area contributed by atoms with Gasteiger partial charge in [0.25, 0.3) is 5.91 Å². The van der Waals surface area contributed by atoms with Gasteiger partial charge in [-0.15, -0.1) is 0 Å². The highest BCUT2D eigenvalue weighted by Crippen LogP contribution is 2.18. The van der Waals surface area contributed by atoms with Crippen LogP contribution in [0.1, 0.15) is 27.3 Å². The van der Waals surface area contributed by atoms with Gasteiger partial charge in [-0.25, -0.2) is 18.2 Å². The monoisotopic (exact) mass is 400 g/mol. The van der Waals surface area contributed by atoms with Gasteiger partial charge in [-0.2, -0.15) is 5.26 Å². The summed E-state index contributed by atoms with van der Waals surface area (Å²) in [5.41, 5.74) is 6.25. The number of hydrogen-bond donors (Lipinski definition) is 3. The third-order valence-electron chi connectivity index (χ3n) is 3.61. The van der Waals surface area contributed by atoms with Gasteiger partial charge in [-0.1, -0.05) is 12.1 Å². The molecule has 9 nitrogen and oxygen atoms in total. The van der Waals surface area contributed by atoms with Crippen molar-refractivity contribution in [3.8, 4) is 6.07 Å². The van der Waals surface area contributed by atoms with Crippen molar-refractivity contribution in [2.45, 2.75) is 11.4 Å². The molecule has 1 heterocycles. The maximum Gasteiger partial charge on any atom is 0.328 e. The highest BCUT2D eigenvalue weighted by atomic mass is 32.2. The lowest BCUT2D eigenvalue weighted by molar-refractivity contribution is -0.131. The van der Waals surface area contributed by atoms with Crippen molar-refractivity contribution in [3.05, 3.63) is 58.9 Å². The molecule has 0 aliphatic heterocycles. The third kappa shape index (κ3) is 5.15. The summed E-state index contributed by atoms with van der Waals surface area (Å²) in [6, 6.07) is 9.04. The van der Waals surface area contributed by atoms with Crippen LogP contribution in [0.25, 0.3) is 6.08 Å². The number of rotatable bonds is 6. The smallest absolute Gasteiger partial charge is 0.328 e. The number of nitrogens with zero attached hydrogens (tertiary/aromatic N) is 2. The molecule has 2 aromatic rings. The molecule has 0 aliphatic carbocycles. The van der Waals surface area contributed by atoms with E-state index in [0.717, 1.165) is 18.4 Å². The van der Waals surface area contributed by atoms with Crippen LogP contribution in [0.3, 0.4) is 0 Å². The molecule has 144 valence electrons. The molecule has 1 aromatic heterocycles. The summed E-state index contributed by atoms with van der Waals surface area (Å²) in [5, 5.41) is 20.5. The van der Waals surface area contributed by atoms with Crippen molar-refractivity contribution < 1.29 is 23.1 Å². The number of carbonyl (C=O) groups is 2. The predicted molar refractivity (Wildman–Crippen MR) is 101 cm³/mol. The van der Waals surface area contributed by atoms with Crippen molar-refractivity contribution in [2.75, 3.05) is 12.0 Å². The molecule has 0 saturated carbocycles. The van der Waals surface area contributed by atoms with E-state index in [1.54, 1.807) is 12.1 Å². The van der Waals surface area contributed by atoms with E-state index in [4.69, 9.17) is 16.1 Å². The summed E-state index contributed by atoms with van der Waals surface area (Å²) >= 11 is 0. The van der Waals surface area contributed by atoms with Gasteiger partial charge < -0.3 is 16.2 Å². The average Bonchev–Trinajstić information content (AvgIpc) is 2.63. The molecule has 0 saturated heterocycles. The van der Waals surface area contributed by atoms with Crippen molar-refractivity contribution in [1.82, 2.24) is 10.3 Å². The number of carboxylic acids is 1. The van der Waals surface area contributed by atoms with E-state index in [0.29, 0.717) is 5.56 Å². The fourth-order valence-corrected chi connectivity index (χ4v) is 2.85. The largest absolute Gasteiger partial charge is 0.478 e. The molecule has 0 spiro atoms. The number of anilines is 1. The molecule has 28 heavy (non-hydrogen) atoms. The molecule has 2 rings (SSSR count). The Morgan fingerprint density at radius 2 is 1.96 bits per heavy atom. The van der Waals surface area contributed by atoms with Gasteiger partial charge in [0.05, 0.1) is 16.3 Å². The number of carboxylic acid groups (broad SMARTS) is 1. The van der Waals surface area contributed by atoms with Crippen molar-refractivity contribution in [1.29, 1.82) is 5.26 Å². The Morgan fingerprint density at radius 1 is 1.32 bits per heavy atom. The van der Waals surface area contributed by atoms with E-state index in [9.17, 15) is 18.0 Å². The third-order valence-corrected chi connectivity index (χ3v) is 4.74. The lowest BCUT2D eigenvalue weighted by atomic mass is 10.1. The van der Waals surface area contributed by atoms with E-state index in [-0.39, 0.29) is 34.1 Å². The minimum atomic E-state index is -3.31. The van der Waals surface area contributed by atoms with Crippen molar-refractivity contribution >= 4 is 33.5 Å². The maximum atomic E-state index is 12.3. The molecule has 4 N–H and O–H groups in total. The first-order valence-electron chi connectivity index (χ1n) is 7.80. The standard InChI is InChI=1S/C18H16N4O5S/c1-28(26,27)12-4-2-11(3-5-12)10-21-18(25)16-8-14(20)13(9-19)15(22-16)6-7-17(23)24/h2-8H,10H2,1H3,(H2,20,22)(H,21,25)(H,23,24)/b7-6+. The molecule has 1 aromatic carbocycles. The number of sulfone groups is 1. The molecular formula is C18H16N4O5S.